The van der Waals surface area contributed by atoms with Crippen molar-refractivity contribution in [3.05, 3.63) is 0 Å². The number of carbonyl (C=O) groups is 1. The predicted octanol–water partition coefficient (Wildman–Crippen LogP) is 2.27. The maximum atomic E-state index is 12.8. The smallest absolute Gasteiger partial charge is 0.226 e. The zero-order valence-electron chi connectivity index (χ0n) is 12.7. The molecule has 1 amide bonds. The highest BCUT2D eigenvalue weighted by molar-refractivity contribution is 5.79. The molecule has 5 aliphatic rings. The molecule has 1 aliphatic heterocycles. The van der Waals surface area contributed by atoms with Crippen LogP contribution in [0.1, 0.15) is 44.9 Å². The Kier molecular flexibility index (Phi) is 3.29. The lowest BCUT2D eigenvalue weighted by Gasteiger charge is -2.57. The van der Waals surface area contributed by atoms with Crippen molar-refractivity contribution in [1.29, 1.82) is 0 Å². The molecule has 20 heavy (non-hydrogen) atoms. The molecule has 3 heteroatoms. The maximum absolute atomic E-state index is 12.8. The molecule has 0 spiro atoms. The number of rotatable bonds is 2. The van der Waals surface area contributed by atoms with Crippen molar-refractivity contribution in [1.82, 2.24) is 10.2 Å². The molecular formula is C17H28N2O. The molecule has 4 saturated carbocycles. The number of nitrogens with one attached hydrogen (secondary N) is 1. The second kappa shape index (κ2) is 5.01. The van der Waals surface area contributed by atoms with E-state index in [1.807, 2.05) is 0 Å². The largest absolute Gasteiger partial charge is 0.342 e. The van der Waals surface area contributed by atoms with Crippen molar-refractivity contribution in [3.63, 3.8) is 0 Å². The van der Waals surface area contributed by atoms with Crippen molar-refractivity contribution < 1.29 is 4.79 Å². The molecule has 0 aromatic carbocycles. The van der Waals surface area contributed by atoms with Crippen LogP contribution in [0.3, 0.4) is 0 Å². The summed E-state index contributed by atoms with van der Waals surface area (Å²) in [5.41, 5.74) is 0. The first-order valence-corrected chi connectivity index (χ1v) is 8.69. The first-order chi connectivity index (χ1) is 9.72. The van der Waals surface area contributed by atoms with Gasteiger partial charge in [0.1, 0.15) is 0 Å². The Morgan fingerprint density at radius 3 is 2.25 bits per heavy atom. The van der Waals surface area contributed by atoms with Gasteiger partial charge in [-0.25, -0.2) is 0 Å². The van der Waals surface area contributed by atoms with Crippen LogP contribution < -0.4 is 5.32 Å². The summed E-state index contributed by atoms with van der Waals surface area (Å²) < 4.78 is 0. The molecule has 0 aromatic rings. The van der Waals surface area contributed by atoms with Crippen LogP contribution in [0.15, 0.2) is 0 Å². The third kappa shape index (κ3) is 2.09. The topological polar surface area (TPSA) is 32.3 Å². The van der Waals surface area contributed by atoms with E-state index in [1.165, 1.54) is 32.1 Å². The number of hydrogen-bond acceptors (Lipinski definition) is 2. The van der Waals surface area contributed by atoms with E-state index in [9.17, 15) is 4.79 Å². The van der Waals surface area contributed by atoms with E-state index in [-0.39, 0.29) is 5.92 Å². The molecule has 1 heterocycles. The van der Waals surface area contributed by atoms with Crippen molar-refractivity contribution in [2.75, 3.05) is 20.1 Å². The van der Waals surface area contributed by atoms with Crippen LogP contribution in [0.5, 0.6) is 0 Å². The number of piperidine rings is 1. The highest BCUT2D eigenvalue weighted by atomic mass is 16.2. The maximum Gasteiger partial charge on any atom is 0.226 e. The monoisotopic (exact) mass is 276 g/mol. The lowest BCUT2D eigenvalue weighted by atomic mass is 9.54. The van der Waals surface area contributed by atoms with E-state index >= 15 is 0 Å². The molecular weight excluding hydrogens is 248 g/mol. The highest BCUT2D eigenvalue weighted by Crippen LogP contribution is 2.55. The summed E-state index contributed by atoms with van der Waals surface area (Å²) in [6.45, 7) is 1.99. The Hall–Kier alpha value is -0.570. The average Bonchev–Trinajstić information content (AvgIpc) is 2.46. The Balaban J connectivity index is 1.47. The molecule has 112 valence electrons. The zero-order chi connectivity index (χ0) is 13.7. The van der Waals surface area contributed by atoms with E-state index in [1.54, 1.807) is 0 Å². The van der Waals surface area contributed by atoms with Gasteiger partial charge in [0.05, 0.1) is 5.92 Å². The minimum Gasteiger partial charge on any atom is -0.342 e. The van der Waals surface area contributed by atoms with Crippen LogP contribution in [-0.4, -0.2) is 37.0 Å². The van der Waals surface area contributed by atoms with Gasteiger partial charge in [-0.15, -0.1) is 0 Å². The van der Waals surface area contributed by atoms with Gasteiger partial charge >= 0.3 is 0 Å². The van der Waals surface area contributed by atoms with E-state index in [0.717, 1.165) is 49.6 Å². The Bertz CT molecular complexity index is 360. The van der Waals surface area contributed by atoms with Crippen LogP contribution >= 0.6 is 0 Å². The van der Waals surface area contributed by atoms with Gasteiger partial charge in [0.15, 0.2) is 0 Å². The molecule has 1 N–H and O–H groups in total. The Labute approximate surface area is 122 Å². The van der Waals surface area contributed by atoms with Crippen LogP contribution in [0.4, 0.5) is 0 Å². The molecule has 4 bridgehead atoms. The van der Waals surface area contributed by atoms with Crippen LogP contribution in [-0.2, 0) is 4.79 Å². The number of carbonyl (C=O) groups excluding carboxylic acids is 1. The molecule has 0 unspecified atom stereocenters. The minimum absolute atomic E-state index is 0.242. The number of amides is 1. The molecule has 5 fully saturated rings. The van der Waals surface area contributed by atoms with Crippen molar-refractivity contribution in [2.45, 2.75) is 51.0 Å². The molecule has 0 aromatic heterocycles. The third-order valence-corrected chi connectivity index (χ3v) is 6.62. The summed E-state index contributed by atoms with van der Waals surface area (Å²) in [4.78, 5) is 15.0. The Morgan fingerprint density at radius 1 is 1.05 bits per heavy atom. The standard InChI is InChI=1S/C17H28N2O/c1-19(17(20)13-3-2-4-18-10-13)16-14-6-11-5-12(8-14)9-15(16)7-11/h11-16,18H,2-10H2,1H3/t11?,12?,13-,14?,15?,16?/m1/s1. The van der Waals surface area contributed by atoms with Crippen LogP contribution in [0.25, 0.3) is 0 Å². The summed E-state index contributed by atoms with van der Waals surface area (Å²) in [6.07, 6.45) is 9.34. The summed E-state index contributed by atoms with van der Waals surface area (Å²) in [5, 5.41) is 3.39. The highest BCUT2D eigenvalue weighted by Gasteiger charge is 2.50. The summed E-state index contributed by atoms with van der Waals surface area (Å²) in [5.74, 6) is 4.29. The van der Waals surface area contributed by atoms with Gasteiger partial charge in [0.2, 0.25) is 5.91 Å². The van der Waals surface area contributed by atoms with E-state index < -0.39 is 0 Å². The molecule has 1 saturated heterocycles. The fraction of sp³-hybridized carbons (Fsp3) is 0.941. The van der Waals surface area contributed by atoms with Crippen molar-refractivity contribution in [2.24, 2.45) is 29.6 Å². The molecule has 3 nitrogen and oxygen atoms in total. The normalized spacial score (nSPS) is 46.5. The molecule has 0 radical (unpaired) electrons. The van der Waals surface area contributed by atoms with Gasteiger partial charge < -0.3 is 10.2 Å². The van der Waals surface area contributed by atoms with Gasteiger partial charge in [-0.05, 0) is 75.2 Å². The average molecular weight is 276 g/mol. The van der Waals surface area contributed by atoms with Gasteiger partial charge in [-0.2, -0.15) is 0 Å². The summed E-state index contributed by atoms with van der Waals surface area (Å²) in [7, 11) is 2.10. The molecule has 1 atom stereocenters. The summed E-state index contributed by atoms with van der Waals surface area (Å²) >= 11 is 0. The third-order valence-electron chi connectivity index (χ3n) is 6.62. The number of nitrogens with zero attached hydrogens (tertiary/aromatic N) is 1. The number of hydrogen-bond donors (Lipinski definition) is 1. The molecule has 5 rings (SSSR count). The first-order valence-electron chi connectivity index (χ1n) is 8.69. The zero-order valence-corrected chi connectivity index (χ0v) is 12.7. The second-order valence-electron chi connectivity index (χ2n) is 7.91. The lowest BCUT2D eigenvalue weighted by molar-refractivity contribution is -0.145. The van der Waals surface area contributed by atoms with Gasteiger partial charge in [-0.1, -0.05) is 0 Å². The van der Waals surface area contributed by atoms with E-state index in [0.29, 0.717) is 11.9 Å². The second-order valence-corrected chi connectivity index (χ2v) is 7.91. The van der Waals surface area contributed by atoms with Gasteiger partial charge in [0, 0.05) is 19.6 Å². The van der Waals surface area contributed by atoms with Crippen molar-refractivity contribution in [3.8, 4) is 0 Å². The molecule has 4 aliphatic carbocycles. The first kappa shape index (κ1) is 13.1. The van der Waals surface area contributed by atoms with E-state index in [4.69, 9.17) is 0 Å². The predicted molar refractivity (Wildman–Crippen MR) is 79.2 cm³/mol. The quantitative estimate of drug-likeness (QED) is 0.839. The van der Waals surface area contributed by atoms with E-state index in [2.05, 4.69) is 17.3 Å². The van der Waals surface area contributed by atoms with Crippen molar-refractivity contribution >= 4 is 5.91 Å². The Morgan fingerprint density at radius 2 is 1.70 bits per heavy atom. The minimum atomic E-state index is 0.242. The van der Waals surface area contributed by atoms with Gasteiger partial charge in [-0.3, -0.25) is 4.79 Å². The van der Waals surface area contributed by atoms with Crippen LogP contribution in [0, 0.1) is 29.6 Å². The summed E-state index contributed by atoms with van der Waals surface area (Å²) in [6, 6.07) is 0.567. The fourth-order valence-electron chi connectivity index (χ4n) is 6.03. The van der Waals surface area contributed by atoms with Gasteiger partial charge in [0.25, 0.3) is 0 Å². The SMILES string of the molecule is CN(C(=O)[C@@H]1CCCNC1)C1C2CC3CC(C2)CC1C3. The van der Waals surface area contributed by atoms with Crippen LogP contribution in [0.2, 0.25) is 0 Å². The lowest BCUT2D eigenvalue weighted by Crippen LogP contribution is -2.57. The fourth-order valence-corrected chi connectivity index (χ4v) is 6.03.